The molecular weight excluding hydrogens is 364 g/mol. The van der Waals surface area contributed by atoms with Gasteiger partial charge in [-0.3, -0.25) is 14.1 Å². The predicted octanol–water partition coefficient (Wildman–Crippen LogP) is 1.78. The van der Waals surface area contributed by atoms with Crippen LogP contribution in [0.25, 0.3) is 0 Å². The van der Waals surface area contributed by atoms with Gasteiger partial charge in [-0.2, -0.15) is 0 Å². The second kappa shape index (κ2) is 6.92. The summed E-state index contributed by atoms with van der Waals surface area (Å²) in [7, 11) is -3.53. The van der Waals surface area contributed by atoms with E-state index in [2.05, 4.69) is 9.97 Å². The van der Waals surface area contributed by atoms with Gasteiger partial charge in [-0.1, -0.05) is 18.2 Å². The third-order valence-corrected chi connectivity index (χ3v) is 7.46. The van der Waals surface area contributed by atoms with Crippen LogP contribution in [-0.4, -0.2) is 54.1 Å². The number of fused-ring (bicyclic) bond motifs is 1. The van der Waals surface area contributed by atoms with Crippen molar-refractivity contribution in [3.63, 3.8) is 0 Å². The molecule has 2 aliphatic rings. The van der Waals surface area contributed by atoms with Crippen molar-refractivity contribution in [3.8, 4) is 0 Å². The molecule has 2 aromatic rings. The predicted molar refractivity (Wildman–Crippen MR) is 102 cm³/mol. The van der Waals surface area contributed by atoms with Crippen molar-refractivity contribution >= 4 is 21.6 Å². The summed E-state index contributed by atoms with van der Waals surface area (Å²) in [6.45, 7) is 3.00. The van der Waals surface area contributed by atoms with E-state index in [1.807, 2.05) is 24.3 Å². The molecule has 27 heavy (non-hydrogen) atoms. The Hall–Kier alpha value is -2.48. The Kier molecular flexibility index (Phi) is 4.59. The number of hydrogen-bond donors (Lipinski definition) is 0. The SMILES string of the molecule is Cc1cnc(C(=O)N2CCCC(S(=O)(=O)N3CCc4ccccc43)C2)cn1. The first-order valence-corrected chi connectivity index (χ1v) is 10.6. The van der Waals surface area contributed by atoms with Crippen LogP contribution in [0.1, 0.15) is 34.6 Å². The second-order valence-corrected chi connectivity index (χ2v) is 9.19. The number of carbonyl (C=O) groups excluding carboxylic acids is 1. The van der Waals surface area contributed by atoms with Crippen LogP contribution in [0, 0.1) is 6.92 Å². The molecule has 2 aliphatic heterocycles. The van der Waals surface area contributed by atoms with Crippen molar-refractivity contribution in [1.29, 1.82) is 0 Å². The quantitative estimate of drug-likeness (QED) is 0.803. The Morgan fingerprint density at radius 1 is 1.15 bits per heavy atom. The number of aryl methyl sites for hydroxylation is 1. The summed E-state index contributed by atoms with van der Waals surface area (Å²) in [6, 6.07) is 7.61. The third kappa shape index (κ3) is 3.29. The molecule has 0 radical (unpaired) electrons. The number of sulfonamides is 1. The molecule has 1 aromatic heterocycles. The first-order chi connectivity index (χ1) is 13.0. The minimum atomic E-state index is -3.53. The van der Waals surface area contributed by atoms with Crippen LogP contribution in [0.15, 0.2) is 36.7 Å². The van der Waals surface area contributed by atoms with Gasteiger partial charge in [0.15, 0.2) is 0 Å². The topological polar surface area (TPSA) is 83.5 Å². The summed E-state index contributed by atoms with van der Waals surface area (Å²) >= 11 is 0. The van der Waals surface area contributed by atoms with Gasteiger partial charge in [0.2, 0.25) is 10.0 Å². The number of benzene rings is 1. The molecule has 1 aromatic carbocycles. The van der Waals surface area contributed by atoms with Crippen molar-refractivity contribution in [2.45, 2.75) is 31.4 Å². The van der Waals surface area contributed by atoms with Gasteiger partial charge < -0.3 is 4.90 Å². The maximum Gasteiger partial charge on any atom is 0.274 e. The molecule has 0 aliphatic carbocycles. The lowest BCUT2D eigenvalue weighted by atomic mass is 10.1. The average molecular weight is 386 g/mol. The molecule has 0 saturated carbocycles. The van der Waals surface area contributed by atoms with Crippen LogP contribution in [-0.2, 0) is 16.4 Å². The van der Waals surface area contributed by atoms with E-state index in [0.717, 1.165) is 23.4 Å². The summed E-state index contributed by atoms with van der Waals surface area (Å²) in [6.07, 6.45) is 4.94. The summed E-state index contributed by atoms with van der Waals surface area (Å²) in [5.41, 5.74) is 2.81. The lowest BCUT2D eigenvalue weighted by Crippen LogP contribution is -2.49. The monoisotopic (exact) mass is 386 g/mol. The Labute approximate surface area is 159 Å². The van der Waals surface area contributed by atoms with Gasteiger partial charge in [0.1, 0.15) is 5.69 Å². The fourth-order valence-electron chi connectivity index (χ4n) is 3.78. The standard InChI is InChI=1S/C19H22N4O3S/c1-14-11-21-17(12-20-14)19(24)22-9-4-6-16(13-22)27(25,26)23-10-8-15-5-2-3-7-18(15)23/h2-3,5,7,11-12,16H,4,6,8-10,13H2,1H3. The summed E-state index contributed by atoms with van der Waals surface area (Å²) in [5.74, 6) is -0.260. The fraction of sp³-hybridized carbons (Fsp3) is 0.421. The molecule has 1 amide bonds. The van der Waals surface area contributed by atoms with Crippen molar-refractivity contribution in [2.24, 2.45) is 0 Å². The van der Waals surface area contributed by atoms with Crippen LogP contribution in [0.3, 0.4) is 0 Å². The number of hydrogen-bond acceptors (Lipinski definition) is 5. The molecule has 4 rings (SSSR count). The molecule has 8 heteroatoms. The van der Waals surface area contributed by atoms with Crippen molar-refractivity contribution in [1.82, 2.24) is 14.9 Å². The number of aromatic nitrogens is 2. The summed E-state index contributed by atoms with van der Waals surface area (Å²) in [5, 5.41) is -0.597. The largest absolute Gasteiger partial charge is 0.336 e. The molecule has 142 valence electrons. The number of likely N-dealkylation sites (tertiary alicyclic amines) is 1. The molecule has 3 heterocycles. The molecule has 1 fully saturated rings. The number of piperidine rings is 1. The lowest BCUT2D eigenvalue weighted by Gasteiger charge is -2.34. The number of anilines is 1. The van der Waals surface area contributed by atoms with E-state index in [0.29, 0.717) is 25.9 Å². The second-order valence-electron chi connectivity index (χ2n) is 7.05. The zero-order valence-electron chi connectivity index (χ0n) is 15.2. The maximum atomic E-state index is 13.3. The normalized spacial score (nSPS) is 19.8. The van der Waals surface area contributed by atoms with Gasteiger partial charge >= 0.3 is 0 Å². The molecule has 0 bridgehead atoms. The number of rotatable bonds is 3. The molecule has 1 atom stereocenters. The highest BCUT2D eigenvalue weighted by molar-refractivity contribution is 7.93. The van der Waals surface area contributed by atoms with Crippen LogP contribution in [0.5, 0.6) is 0 Å². The third-order valence-electron chi connectivity index (χ3n) is 5.24. The maximum absolute atomic E-state index is 13.3. The highest BCUT2D eigenvalue weighted by Crippen LogP contribution is 2.33. The van der Waals surface area contributed by atoms with E-state index in [9.17, 15) is 13.2 Å². The lowest BCUT2D eigenvalue weighted by molar-refractivity contribution is 0.0720. The summed E-state index contributed by atoms with van der Waals surface area (Å²) < 4.78 is 28.0. The van der Waals surface area contributed by atoms with Crippen LogP contribution >= 0.6 is 0 Å². The van der Waals surface area contributed by atoms with Gasteiger partial charge in [0.05, 0.1) is 22.8 Å². The number of carbonyl (C=O) groups is 1. The zero-order valence-corrected chi connectivity index (χ0v) is 16.0. The molecule has 1 saturated heterocycles. The van der Waals surface area contributed by atoms with Crippen molar-refractivity contribution in [2.75, 3.05) is 23.9 Å². The van der Waals surface area contributed by atoms with Gasteiger partial charge in [-0.15, -0.1) is 0 Å². The minimum Gasteiger partial charge on any atom is -0.336 e. The summed E-state index contributed by atoms with van der Waals surface area (Å²) in [4.78, 5) is 22.6. The van der Waals surface area contributed by atoms with Crippen LogP contribution in [0.2, 0.25) is 0 Å². The van der Waals surface area contributed by atoms with E-state index in [4.69, 9.17) is 0 Å². The van der Waals surface area contributed by atoms with E-state index in [1.54, 1.807) is 18.0 Å². The van der Waals surface area contributed by atoms with Gasteiger partial charge in [0.25, 0.3) is 5.91 Å². The number of nitrogens with zero attached hydrogens (tertiary/aromatic N) is 4. The highest BCUT2D eigenvalue weighted by Gasteiger charge is 2.39. The number of amides is 1. The van der Waals surface area contributed by atoms with Crippen LogP contribution < -0.4 is 4.31 Å². The zero-order chi connectivity index (χ0) is 19.0. The average Bonchev–Trinajstić information content (AvgIpc) is 3.13. The molecule has 1 unspecified atom stereocenters. The highest BCUT2D eigenvalue weighted by atomic mass is 32.2. The number of para-hydroxylation sites is 1. The Bertz CT molecular complexity index is 959. The van der Waals surface area contributed by atoms with E-state index >= 15 is 0 Å². The van der Waals surface area contributed by atoms with E-state index < -0.39 is 15.3 Å². The van der Waals surface area contributed by atoms with E-state index in [-0.39, 0.29) is 18.1 Å². The molecule has 7 nitrogen and oxygen atoms in total. The molecule has 0 N–H and O–H groups in total. The Balaban J connectivity index is 1.54. The smallest absolute Gasteiger partial charge is 0.274 e. The molecule has 0 spiro atoms. The van der Waals surface area contributed by atoms with E-state index in [1.165, 1.54) is 10.5 Å². The van der Waals surface area contributed by atoms with Gasteiger partial charge in [0, 0.05) is 25.8 Å². The van der Waals surface area contributed by atoms with Gasteiger partial charge in [-0.25, -0.2) is 13.4 Å². The fourth-order valence-corrected chi connectivity index (χ4v) is 5.77. The Morgan fingerprint density at radius 2 is 1.96 bits per heavy atom. The Morgan fingerprint density at radius 3 is 2.74 bits per heavy atom. The van der Waals surface area contributed by atoms with Crippen molar-refractivity contribution < 1.29 is 13.2 Å². The first-order valence-electron chi connectivity index (χ1n) is 9.14. The first kappa shape index (κ1) is 17.9. The van der Waals surface area contributed by atoms with Crippen molar-refractivity contribution in [3.05, 3.63) is 53.6 Å². The van der Waals surface area contributed by atoms with Gasteiger partial charge in [-0.05, 0) is 37.8 Å². The molecular formula is C19H22N4O3S. The van der Waals surface area contributed by atoms with Crippen LogP contribution in [0.4, 0.5) is 5.69 Å². The minimum absolute atomic E-state index is 0.190.